The molecule has 6 nitrogen and oxygen atoms in total. The van der Waals surface area contributed by atoms with Gasteiger partial charge >= 0.3 is 0 Å². The molecule has 0 spiro atoms. The van der Waals surface area contributed by atoms with E-state index in [9.17, 15) is 0 Å². The Morgan fingerprint density at radius 1 is 1.10 bits per heavy atom. The fourth-order valence-electron chi connectivity index (χ4n) is 2.13. The highest BCUT2D eigenvalue weighted by Crippen LogP contribution is 2.31. The molecule has 0 unspecified atom stereocenters. The van der Waals surface area contributed by atoms with Crippen LogP contribution in [0.4, 0.5) is 0 Å². The molecule has 0 saturated heterocycles. The smallest absolute Gasteiger partial charge is 0.245 e. The molecular weight excluding hydrogens is 254 g/mol. The zero-order valence-corrected chi connectivity index (χ0v) is 10.3. The maximum Gasteiger partial charge on any atom is 0.245 e. The minimum atomic E-state index is 0.466. The third kappa shape index (κ3) is 1.66. The first kappa shape index (κ1) is 10.9. The Hall–Kier alpha value is -3.02. The van der Waals surface area contributed by atoms with Crippen molar-refractivity contribution < 1.29 is 4.42 Å². The van der Waals surface area contributed by atoms with Crippen molar-refractivity contribution in [2.75, 3.05) is 0 Å². The van der Waals surface area contributed by atoms with Gasteiger partial charge in [-0.25, -0.2) is 9.97 Å². The van der Waals surface area contributed by atoms with Gasteiger partial charge in [0, 0.05) is 5.56 Å². The van der Waals surface area contributed by atoms with Gasteiger partial charge in [0.2, 0.25) is 11.5 Å². The number of benzene rings is 1. The Morgan fingerprint density at radius 2 is 2.00 bits per heavy atom. The summed E-state index contributed by atoms with van der Waals surface area (Å²) in [5.74, 6) is 0.466. The van der Waals surface area contributed by atoms with E-state index >= 15 is 0 Å². The lowest BCUT2D eigenvalue weighted by Crippen LogP contribution is -1.91. The topological polar surface area (TPSA) is 80.5 Å². The van der Waals surface area contributed by atoms with Crippen LogP contribution in [0.1, 0.15) is 0 Å². The number of hydrogen-bond donors (Lipinski definition) is 1. The Bertz CT molecular complexity index is 852. The molecule has 0 fully saturated rings. The van der Waals surface area contributed by atoms with Gasteiger partial charge in [0.25, 0.3) is 0 Å². The molecule has 20 heavy (non-hydrogen) atoms. The lowest BCUT2D eigenvalue weighted by molar-refractivity contribution is 0.572. The SMILES string of the molecule is c1ccc(-c2cc3[nH]nnc3nc2-c2ncco2)cc1. The maximum atomic E-state index is 5.38. The monoisotopic (exact) mass is 263 g/mol. The van der Waals surface area contributed by atoms with E-state index < -0.39 is 0 Å². The van der Waals surface area contributed by atoms with Crippen molar-refractivity contribution >= 4 is 11.2 Å². The highest BCUT2D eigenvalue weighted by molar-refractivity contribution is 5.86. The third-order valence-corrected chi connectivity index (χ3v) is 3.04. The summed E-state index contributed by atoms with van der Waals surface area (Å²) < 4.78 is 5.38. The predicted molar refractivity (Wildman–Crippen MR) is 72.6 cm³/mol. The Kier molecular flexibility index (Phi) is 2.32. The van der Waals surface area contributed by atoms with Crippen LogP contribution in [0, 0.1) is 0 Å². The van der Waals surface area contributed by atoms with Crippen LogP contribution in [0.25, 0.3) is 33.9 Å². The van der Waals surface area contributed by atoms with E-state index in [1.165, 1.54) is 6.26 Å². The van der Waals surface area contributed by atoms with E-state index in [1.807, 2.05) is 36.4 Å². The lowest BCUT2D eigenvalue weighted by atomic mass is 10.0. The number of nitrogens with zero attached hydrogens (tertiary/aromatic N) is 4. The molecule has 3 heterocycles. The van der Waals surface area contributed by atoms with Crippen LogP contribution < -0.4 is 0 Å². The summed E-state index contributed by atoms with van der Waals surface area (Å²) in [4.78, 5) is 8.67. The number of aromatic amines is 1. The van der Waals surface area contributed by atoms with Crippen LogP contribution in [0.3, 0.4) is 0 Å². The van der Waals surface area contributed by atoms with Crippen molar-refractivity contribution in [3.05, 3.63) is 48.9 Å². The average Bonchev–Trinajstić information content (AvgIpc) is 3.17. The van der Waals surface area contributed by atoms with Gasteiger partial charge in [-0.2, -0.15) is 0 Å². The molecule has 3 aromatic heterocycles. The molecule has 4 aromatic rings. The molecular formula is C14H9N5O. The van der Waals surface area contributed by atoms with E-state index in [2.05, 4.69) is 25.4 Å². The standard InChI is InChI=1S/C14H9N5O/c1-2-4-9(5-3-1)10-8-11-13(18-19-17-11)16-12(10)14-15-6-7-20-14/h1-8H,(H,16,17,18,19). The molecule has 0 amide bonds. The molecule has 0 atom stereocenters. The Balaban J connectivity index is 2.04. The first-order valence-corrected chi connectivity index (χ1v) is 6.09. The van der Waals surface area contributed by atoms with Gasteiger partial charge in [0.15, 0.2) is 0 Å². The molecule has 0 aliphatic rings. The van der Waals surface area contributed by atoms with Gasteiger partial charge < -0.3 is 4.42 Å². The average molecular weight is 263 g/mol. The highest BCUT2D eigenvalue weighted by atomic mass is 16.3. The van der Waals surface area contributed by atoms with E-state index in [-0.39, 0.29) is 0 Å². The number of rotatable bonds is 2. The number of hydrogen-bond acceptors (Lipinski definition) is 5. The molecule has 0 radical (unpaired) electrons. The summed E-state index contributed by atoms with van der Waals surface area (Å²) in [6, 6.07) is 11.9. The van der Waals surface area contributed by atoms with Crippen LogP contribution in [0.15, 0.2) is 53.3 Å². The Morgan fingerprint density at radius 3 is 2.80 bits per heavy atom. The van der Waals surface area contributed by atoms with Crippen molar-refractivity contribution in [1.82, 2.24) is 25.4 Å². The van der Waals surface area contributed by atoms with Crippen LogP contribution in [0.2, 0.25) is 0 Å². The number of pyridine rings is 1. The van der Waals surface area contributed by atoms with Crippen molar-refractivity contribution in [3.63, 3.8) is 0 Å². The fourth-order valence-corrected chi connectivity index (χ4v) is 2.13. The first-order valence-electron chi connectivity index (χ1n) is 6.09. The van der Waals surface area contributed by atoms with Crippen LogP contribution in [0.5, 0.6) is 0 Å². The zero-order chi connectivity index (χ0) is 13.4. The van der Waals surface area contributed by atoms with Crippen LogP contribution >= 0.6 is 0 Å². The second-order valence-electron chi connectivity index (χ2n) is 4.27. The highest BCUT2D eigenvalue weighted by Gasteiger charge is 2.15. The number of aromatic nitrogens is 5. The molecule has 6 heteroatoms. The Labute approximate surface area is 113 Å². The lowest BCUT2D eigenvalue weighted by Gasteiger charge is -2.05. The molecule has 1 N–H and O–H groups in total. The summed E-state index contributed by atoms with van der Waals surface area (Å²) in [5.41, 5.74) is 3.93. The van der Waals surface area contributed by atoms with Gasteiger partial charge in [0.1, 0.15) is 17.5 Å². The quantitative estimate of drug-likeness (QED) is 0.601. The number of fused-ring (bicyclic) bond motifs is 1. The summed E-state index contributed by atoms with van der Waals surface area (Å²) in [6.45, 7) is 0. The van der Waals surface area contributed by atoms with Crippen molar-refractivity contribution in [3.8, 4) is 22.7 Å². The number of oxazole rings is 1. The van der Waals surface area contributed by atoms with Gasteiger partial charge in [0.05, 0.1) is 6.20 Å². The van der Waals surface area contributed by atoms with Gasteiger partial charge in [-0.3, -0.25) is 5.10 Å². The van der Waals surface area contributed by atoms with Crippen molar-refractivity contribution in [2.24, 2.45) is 0 Å². The zero-order valence-electron chi connectivity index (χ0n) is 10.3. The summed E-state index contributed by atoms with van der Waals surface area (Å²) in [5, 5.41) is 10.5. The minimum Gasteiger partial charge on any atom is -0.443 e. The van der Waals surface area contributed by atoms with E-state index in [1.54, 1.807) is 6.20 Å². The van der Waals surface area contributed by atoms with E-state index in [4.69, 9.17) is 4.42 Å². The molecule has 4 rings (SSSR count). The summed E-state index contributed by atoms with van der Waals surface area (Å²) in [6.07, 6.45) is 3.12. The maximum absolute atomic E-state index is 5.38. The molecule has 0 aliphatic carbocycles. The first-order chi connectivity index (χ1) is 9.92. The minimum absolute atomic E-state index is 0.466. The third-order valence-electron chi connectivity index (χ3n) is 3.04. The number of H-pyrrole nitrogens is 1. The fraction of sp³-hybridized carbons (Fsp3) is 0. The summed E-state index contributed by atoms with van der Waals surface area (Å²) in [7, 11) is 0. The van der Waals surface area contributed by atoms with Crippen molar-refractivity contribution in [2.45, 2.75) is 0 Å². The molecule has 0 aliphatic heterocycles. The van der Waals surface area contributed by atoms with Gasteiger partial charge in [-0.1, -0.05) is 35.5 Å². The second-order valence-corrected chi connectivity index (χ2v) is 4.27. The molecule has 0 bridgehead atoms. The van der Waals surface area contributed by atoms with Crippen molar-refractivity contribution in [1.29, 1.82) is 0 Å². The summed E-state index contributed by atoms with van der Waals surface area (Å²) >= 11 is 0. The molecule has 96 valence electrons. The number of nitrogens with one attached hydrogen (secondary N) is 1. The second kappa shape index (κ2) is 4.27. The largest absolute Gasteiger partial charge is 0.443 e. The van der Waals surface area contributed by atoms with Gasteiger partial charge in [-0.05, 0) is 11.6 Å². The molecule has 1 aromatic carbocycles. The predicted octanol–water partition coefficient (Wildman–Crippen LogP) is 2.67. The van der Waals surface area contributed by atoms with E-state index in [0.717, 1.165) is 16.6 Å². The van der Waals surface area contributed by atoms with Crippen LogP contribution in [-0.4, -0.2) is 25.4 Å². The van der Waals surface area contributed by atoms with E-state index in [0.29, 0.717) is 17.2 Å². The van der Waals surface area contributed by atoms with Gasteiger partial charge in [-0.15, -0.1) is 5.10 Å². The normalized spacial score (nSPS) is 11.0. The molecule has 0 saturated carbocycles. The van der Waals surface area contributed by atoms with Crippen LogP contribution in [-0.2, 0) is 0 Å².